The Bertz CT molecular complexity index is 982. The quantitative estimate of drug-likeness (QED) is 0.407. The van der Waals surface area contributed by atoms with E-state index in [0.29, 0.717) is 32.2 Å². The number of thiocarbonyl (C=S) groups is 1. The second-order valence-corrected chi connectivity index (χ2v) is 7.29. The van der Waals surface area contributed by atoms with Crippen LogP contribution in [0.3, 0.4) is 0 Å². The highest BCUT2D eigenvalue weighted by Gasteiger charge is 2.34. The predicted octanol–water partition coefficient (Wildman–Crippen LogP) is 3.95. The molecule has 1 saturated heterocycles. The molecule has 6 nitrogen and oxygen atoms in total. The zero-order valence-corrected chi connectivity index (χ0v) is 17.9. The van der Waals surface area contributed by atoms with E-state index in [1.54, 1.807) is 36.4 Å². The fourth-order valence-corrected chi connectivity index (χ4v) is 3.58. The fraction of sp³-hybridized carbons (Fsp3) is 0.105. The Hall–Kier alpha value is -2.42. The predicted molar refractivity (Wildman–Crippen MR) is 115 cm³/mol. The molecule has 1 fully saturated rings. The van der Waals surface area contributed by atoms with Gasteiger partial charge < -0.3 is 9.47 Å². The van der Waals surface area contributed by atoms with Gasteiger partial charge in [-0.2, -0.15) is 0 Å². The van der Waals surface area contributed by atoms with Gasteiger partial charge in [0, 0.05) is 5.02 Å². The Balaban J connectivity index is 2.05. The van der Waals surface area contributed by atoms with Gasteiger partial charge in [-0.15, -0.1) is 0 Å². The molecule has 1 aliphatic rings. The Morgan fingerprint density at radius 3 is 2.21 bits per heavy atom. The molecule has 2 amide bonds. The normalized spacial score (nSPS) is 15.6. The van der Waals surface area contributed by atoms with Gasteiger partial charge in [0.15, 0.2) is 5.11 Å². The average molecular weight is 482 g/mol. The molecule has 2 aromatic rings. The van der Waals surface area contributed by atoms with Crippen LogP contribution in [0.15, 0.2) is 46.4 Å². The summed E-state index contributed by atoms with van der Waals surface area (Å²) in [5, 5.41) is 3.06. The van der Waals surface area contributed by atoms with E-state index in [1.807, 2.05) is 0 Å². The maximum absolute atomic E-state index is 13.0. The van der Waals surface area contributed by atoms with Crippen molar-refractivity contribution in [1.82, 2.24) is 5.32 Å². The summed E-state index contributed by atoms with van der Waals surface area (Å²) in [4.78, 5) is 26.7. The molecular weight excluding hydrogens is 468 g/mol. The van der Waals surface area contributed by atoms with Gasteiger partial charge >= 0.3 is 0 Å². The third-order valence-electron chi connectivity index (χ3n) is 3.97. The van der Waals surface area contributed by atoms with Gasteiger partial charge in [-0.1, -0.05) is 11.6 Å². The molecule has 1 aliphatic heterocycles. The Labute approximate surface area is 180 Å². The number of hydrogen-bond donors (Lipinski definition) is 1. The van der Waals surface area contributed by atoms with Crippen LogP contribution in [-0.2, 0) is 9.59 Å². The largest absolute Gasteiger partial charge is 0.495 e. The Kier molecular flexibility index (Phi) is 6.02. The maximum atomic E-state index is 13.0. The van der Waals surface area contributed by atoms with Crippen LogP contribution in [0, 0.1) is 0 Å². The van der Waals surface area contributed by atoms with E-state index in [9.17, 15) is 9.59 Å². The van der Waals surface area contributed by atoms with Crippen molar-refractivity contribution in [3.05, 3.63) is 57.0 Å². The maximum Gasteiger partial charge on any atom is 0.270 e. The number of ether oxygens (including phenoxy) is 2. The molecule has 1 heterocycles. The highest BCUT2D eigenvalue weighted by atomic mass is 79.9. The number of anilines is 1. The monoisotopic (exact) mass is 480 g/mol. The number of halogens is 2. The second-order valence-electron chi connectivity index (χ2n) is 5.67. The van der Waals surface area contributed by atoms with E-state index in [2.05, 4.69) is 21.2 Å². The van der Waals surface area contributed by atoms with Gasteiger partial charge in [-0.25, -0.2) is 0 Å². The first-order valence-electron chi connectivity index (χ1n) is 7.94. The fourth-order valence-electron chi connectivity index (χ4n) is 2.62. The summed E-state index contributed by atoms with van der Waals surface area (Å²) in [6, 6.07) is 9.92. The Morgan fingerprint density at radius 1 is 1.11 bits per heavy atom. The highest BCUT2D eigenvalue weighted by molar-refractivity contribution is 9.10. The molecule has 0 atom stereocenters. The molecule has 1 N–H and O–H groups in total. The molecule has 0 radical (unpaired) electrons. The van der Waals surface area contributed by atoms with Crippen LogP contribution in [0.1, 0.15) is 5.56 Å². The van der Waals surface area contributed by atoms with Crippen LogP contribution in [0.5, 0.6) is 11.5 Å². The van der Waals surface area contributed by atoms with Crippen LogP contribution in [0.2, 0.25) is 5.02 Å². The summed E-state index contributed by atoms with van der Waals surface area (Å²) in [5.41, 5.74) is 0.977. The van der Waals surface area contributed by atoms with E-state index in [1.165, 1.54) is 25.2 Å². The molecule has 0 aromatic heterocycles. The number of nitrogens with zero attached hydrogens (tertiary/aromatic N) is 1. The van der Waals surface area contributed by atoms with E-state index < -0.39 is 11.8 Å². The van der Waals surface area contributed by atoms with Crippen molar-refractivity contribution >= 4 is 68.4 Å². The van der Waals surface area contributed by atoms with Crippen molar-refractivity contribution in [2.45, 2.75) is 0 Å². The average Bonchev–Trinajstić information content (AvgIpc) is 2.67. The molecule has 0 aliphatic carbocycles. The van der Waals surface area contributed by atoms with Crippen molar-refractivity contribution in [3.8, 4) is 11.5 Å². The number of rotatable bonds is 4. The lowest BCUT2D eigenvalue weighted by atomic mass is 10.1. The topological polar surface area (TPSA) is 67.9 Å². The SMILES string of the molecule is COc1cc(C=C2C(=O)NC(=S)N(c3ccc(Cl)cc3)C2=O)cc(OC)c1Br. The highest BCUT2D eigenvalue weighted by Crippen LogP contribution is 2.36. The van der Waals surface area contributed by atoms with Crippen molar-refractivity contribution in [3.63, 3.8) is 0 Å². The van der Waals surface area contributed by atoms with Crippen molar-refractivity contribution in [1.29, 1.82) is 0 Å². The first-order chi connectivity index (χ1) is 13.3. The minimum atomic E-state index is -0.582. The summed E-state index contributed by atoms with van der Waals surface area (Å²) >= 11 is 14.5. The molecule has 28 heavy (non-hydrogen) atoms. The van der Waals surface area contributed by atoms with Gasteiger partial charge in [-0.05, 0) is 76.2 Å². The molecule has 2 aromatic carbocycles. The first kappa shape index (κ1) is 20.3. The van der Waals surface area contributed by atoms with Crippen LogP contribution in [0.4, 0.5) is 5.69 Å². The lowest BCUT2D eigenvalue weighted by Crippen LogP contribution is -2.54. The summed E-state index contributed by atoms with van der Waals surface area (Å²) < 4.78 is 11.2. The van der Waals surface area contributed by atoms with Crippen molar-refractivity contribution in [2.75, 3.05) is 19.1 Å². The third kappa shape index (κ3) is 3.89. The molecule has 0 spiro atoms. The zero-order chi connectivity index (χ0) is 20.4. The van der Waals surface area contributed by atoms with Gasteiger partial charge in [0.05, 0.1) is 19.9 Å². The number of benzene rings is 2. The molecule has 0 unspecified atom stereocenters. The first-order valence-corrected chi connectivity index (χ1v) is 9.52. The Morgan fingerprint density at radius 2 is 1.68 bits per heavy atom. The van der Waals surface area contributed by atoms with Crippen LogP contribution >= 0.6 is 39.7 Å². The van der Waals surface area contributed by atoms with E-state index in [-0.39, 0.29) is 10.7 Å². The minimum absolute atomic E-state index is 0.000407. The molecule has 0 bridgehead atoms. The van der Waals surface area contributed by atoms with Gasteiger partial charge in [0.1, 0.15) is 21.5 Å². The van der Waals surface area contributed by atoms with E-state index in [4.69, 9.17) is 33.3 Å². The molecular formula is C19H14BrClN2O4S. The number of methoxy groups -OCH3 is 2. The van der Waals surface area contributed by atoms with Gasteiger partial charge in [0.25, 0.3) is 11.8 Å². The van der Waals surface area contributed by atoms with E-state index in [0.717, 1.165) is 0 Å². The van der Waals surface area contributed by atoms with Crippen molar-refractivity contribution in [2.24, 2.45) is 0 Å². The van der Waals surface area contributed by atoms with Gasteiger partial charge in [-0.3, -0.25) is 19.8 Å². The summed E-state index contributed by atoms with van der Waals surface area (Å²) in [7, 11) is 3.02. The summed E-state index contributed by atoms with van der Waals surface area (Å²) in [5.74, 6) is -0.127. The van der Waals surface area contributed by atoms with E-state index >= 15 is 0 Å². The van der Waals surface area contributed by atoms with Crippen molar-refractivity contribution < 1.29 is 19.1 Å². The number of hydrogen-bond acceptors (Lipinski definition) is 5. The lowest BCUT2D eigenvalue weighted by Gasteiger charge is -2.29. The molecule has 144 valence electrons. The standard InChI is InChI=1S/C19H14BrClN2O4S/c1-26-14-8-10(9-15(27-2)16(14)20)7-13-17(24)22-19(28)23(18(13)25)12-5-3-11(21)4-6-12/h3-9H,1-2H3,(H,22,24,28). The summed E-state index contributed by atoms with van der Waals surface area (Å²) in [6.07, 6.45) is 1.46. The molecule has 3 rings (SSSR count). The number of nitrogens with one attached hydrogen (secondary N) is 1. The third-order valence-corrected chi connectivity index (χ3v) is 5.28. The second kappa shape index (κ2) is 8.30. The van der Waals surface area contributed by atoms with Crippen LogP contribution in [-0.4, -0.2) is 31.1 Å². The minimum Gasteiger partial charge on any atom is -0.495 e. The summed E-state index contributed by atoms with van der Waals surface area (Å²) in [6.45, 7) is 0. The number of carbonyl (C=O) groups is 2. The molecule has 9 heteroatoms. The number of carbonyl (C=O) groups excluding carboxylic acids is 2. The van der Waals surface area contributed by atoms with Gasteiger partial charge in [0.2, 0.25) is 0 Å². The van der Waals surface area contributed by atoms with Crippen LogP contribution < -0.4 is 19.7 Å². The number of amides is 2. The zero-order valence-electron chi connectivity index (χ0n) is 14.8. The van der Waals surface area contributed by atoms with Crippen LogP contribution in [0.25, 0.3) is 6.08 Å². The smallest absolute Gasteiger partial charge is 0.270 e. The molecule has 0 saturated carbocycles. The lowest BCUT2D eigenvalue weighted by molar-refractivity contribution is -0.122.